The van der Waals surface area contributed by atoms with Crippen LogP contribution in [0.15, 0.2) is 29.2 Å². The van der Waals surface area contributed by atoms with Gasteiger partial charge in [-0.05, 0) is 154 Å². The highest BCUT2D eigenvalue weighted by Crippen LogP contribution is 2.76. The van der Waals surface area contributed by atoms with E-state index in [1.54, 1.807) is 18.0 Å². The Hall–Kier alpha value is -1.04. The zero-order valence-corrected chi connectivity index (χ0v) is 25.8. The lowest BCUT2D eigenvalue weighted by atomic mass is 9.34. The Morgan fingerprint density at radius 3 is 2.44 bits per heavy atom. The van der Waals surface area contributed by atoms with Gasteiger partial charge in [0.1, 0.15) is 0 Å². The van der Waals surface area contributed by atoms with Crippen molar-refractivity contribution in [2.45, 2.75) is 116 Å². The van der Waals surface area contributed by atoms with E-state index >= 15 is 0 Å². The number of carboxylic acids is 1. The number of hydrogen-bond acceptors (Lipinski definition) is 4. The number of rotatable bonds is 4. The number of aliphatic hydroxyl groups excluding tert-OH is 1. The molecule has 4 aliphatic carbocycles. The lowest BCUT2D eigenvalue weighted by Crippen LogP contribution is -2.65. The van der Waals surface area contributed by atoms with Crippen molar-refractivity contribution in [1.82, 2.24) is 4.31 Å². The molecule has 0 bridgehead atoms. The smallest absolute Gasteiger partial charge is 0.335 e. The Balaban J connectivity index is 1.30. The van der Waals surface area contributed by atoms with Gasteiger partial charge in [0.05, 0.1) is 5.56 Å². The number of aliphatic hydroxyl groups is 1. The largest absolute Gasteiger partial charge is 0.478 e. The Morgan fingerprint density at radius 2 is 1.69 bits per heavy atom. The molecule has 8 atom stereocenters. The molecule has 39 heavy (non-hydrogen) atoms. The summed E-state index contributed by atoms with van der Waals surface area (Å²) in [5.41, 5.74) is 1.66. The molecule has 4 nitrogen and oxygen atoms in total. The average Bonchev–Trinajstić information content (AvgIpc) is 3.29. The van der Waals surface area contributed by atoms with Gasteiger partial charge in [0.25, 0.3) is 0 Å². The lowest BCUT2D eigenvalue weighted by molar-refractivity contribution is -0.225. The number of aromatic carboxylic acids is 1. The van der Waals surface area contributed by atoms with Crippen LogP contribution < -0.4 is 0 Å². The van der Waals surface area contributed by atoms with Crippen LogP contribution in [0.2, 0.25) is 0 Å². The Labute approximate surface area is 240 Å². The van der Waals surface area contributed by atoms with Crippen molar-refractivity contribution in [3.8, 4) is 0 Å². The number of carbonyl (C=O) groups is 1. The molecule has 5 fully saturated rings. The van der Waals surface area contributed by atoms with Crippen molar-refractivity contribution in [2.24, 2.45) is 45.3 Å². The fourth-order valence-corrected chi connectivity index (χ4v) is 13.1. The average molecular weight is 554 g/mol. The number of hydrogen-bond donors (Lipinski definition) is 2. The van der Waals surface area contributed by atoms with Crippen LogP contribution in [-0.2, 0) is 0 Å². The first-order chi connectivity index (χ1) is 18.4. The monoisotopic (exact) mass is 553 g/mol. The molecule has 6 rings (SSSR count). The van der Waals surface area contributed by atoms with Crippen molar-refractivity contribution in [1.29, 1.82) is 0 Å². The minimum absolute atomic E-state index is 0.0261. The van der Waals surface area contributed by atoms with Gasteiger partial charge in [0.2, 0.25) is 0 Å². The van der Waals surface area contributed by atoms with Gasteiger partial charge < -0.3 is 10.2 Å². The molecule has 0 spiro atoms. The van der Waals surface area contributed by atoms with Crippen LogP contribution in [0.5, 0.6) is 0 Å². The van der Waals surface area contributed by atoms with Crippen LogP contribution in [-0.4, -0.2) is 39.2 Å². The van der Waals surface area contributed by atoms with Gasteiger partial charge in [-0.1, -0.05) is 33.3 Å². The molecule has 7 unspecified atom stereocenters. The number of carboxylic acid groups (broad SMARTS) is 1. The topological polar surface area (TPSA) is 60.8 Å². The summed E-state index contributed by atoms with van der Waals surface area (Å²) in [4.78, 5) is 12.6. The third-order valence-electron chi connectivity index (χ3n) is 14.0. The summed E-state index contributed by atoms with van der Waals surface area (Å²) in [6.45, 7) is 14.5. The zero-order chi connectivity index (χ0) is 27.8. The molecule has 1 aromatic carbocycles. The van der Waals surface area contributed by atoms with E-state index in [-0.39, 0.29) is 11.0 Å². The van der Waals surface area contributed by atoms with E-state index in [1.807, 2.05) is 12.1 Å². The van der Waals surface area contributed by atoms with Crippen LogP contribution in [0.1, 0.15) is 116 Å². The molecule has 5 aliphatic rings. The molecular weight excluding hydrogens is 502 g/mol. The predicted molar refractivity (Wildman–Crippen MR) is 159 cm³/mol. The minimum Gasteiger partial charge on any atom is -0.478 e. The molecule has 2 N–H and O–H groups in total. The normalized spacial score (nSPS) is 45.4. The van der Waals surface area contributed by atoms with Gasteiger partial charge in [-0.3, -0.25) is 0 Å². The summed E-state index contributed by atoms with van der Waals surface area (Å²) in [7, 11) is 0. The Kier molecular flexibility index (Phi) is 6.84. The number of benzene rings is 1. The highest BCUT2D eigenvalue weighted by atomic mass is 32.2. The zero-order valence-electron chi connectivity index (χ0n) is 25.0. The van der Waals surface area contributed by atoms with Crippen molar-refractivity contribution in [2.75, 3.05) is 13.2 Å². The summed E-state index contributed by atoms with van der Waals surface area (Å²) >= 11 is 1.78. The van der Waals surface area contributed by atoms with Crippen LogP contribution in [0.25, 0.3) is 0 Å². The number of nitrogens with zero attached hydrogens (tertiary/aromatic N) is 1. The standard InChI is InChI=1S/C34H51NO3S/c1-30(2)27-14-17-33(5)28(13-12-25-26-11-7-16-34(26,22-36)19-18-32(25,33)4)31(27,3)15-8-20-35(30)39-24-10-6-9-23(21-24)29(37)38/h6,9-10,21,25-28,36H,7-8,11-20,22H2,1-5H3,(H,37,38)/t25?,26?,27?,28?,31?,32-,33?,34?/m1/s1. The predicted octanol–water partition coefficient (Wildman–Crippen LogP) is 8.29. The van der Waals surface area contributed by atoms with E-state index in [2.05, 4.69) is 45.0 Å². The maximum Gasteiger partial charge on any atom is 0.335 e. The van der Waals surface area contributed by atoms with E-state index in [1.165, 1.54) is 70.6 Å². The highest BCUT2D eigenvalue weighted by Gasteiger charge is 2.69. The first kappa shape index (κ1) is 28.1. The molecule has 1 heterocycles. The minimum atomic E-state index is -0.854. The Bertz CT molecular complexity index is 1120. The van der Waals surface area contributed by atoms with Gasteiger partial charge in [-0.15, -0.1) is 0 Å². The van der Waals surface area contributed by atoms with Crippen molar-refractivity contribution >= 4 is 17.9 Å². The molecule has 0 radical (unpaired) electrons. The Morgan fingerprint density at radius 1 is 0.897 bits per heavy atom. The van der Waals surface area contributed by atoms with E-state index in [4.69, 9.17) is 0 Å². The van der Waals surface area contributed by atoms with Gasteiger partial charge in [-0.25, -0.2) is 9.10 Å². The van der Waals surface area contributed by atoms with E-state index in [0.29, 0.717) is 34.3 Å². The van der Waals surface area contributed by atoms with Gasteiger partial charge in [-0.2, -0.15) is 0 Å². The second-order valence-electron chi connectivity index (χ2n) is 15.5. The fourth-order valence-electron chi connectivity index (χ4n) is 11.9. The maximum atomic E-state index is 11.6. The first-order valence-corrected chi connectivity index (χ1v) is 16.6. The molecule has 5 heteroatoms. The summed E-state index contributed by atoms with van der Waals surface area (Å²) < 4.78 is 2.61. The molecule has 4 saturated carbocycles. The summed E-state index contributed by atoms with van der Waals surface area (Å²) in [5.74, 6) is 2.01. The SMILES string of the molecule is CC12CCCN(Sc3cccc(C(=O)O)c3)C(C)(C)C1CCC1(C)C2CCC2C3CCCC3(CO)CC[C@]21C. The van der Waals surface area contributed by atoms with Crippen molar-refractivity contribution < 1.29 is 15.0 Å². The van der Waals surface area contributed by atoms with E-state index in [0.717, 1.165) is 29.2 Å². The number of fused-ring (bicyclic) bond motifs is 7. The second kappa shape index (κ2) is 9.49. The molecule has 216 valence electrons. The van der Waals surface area contributed by atoms with E-state index < -0.39 is 5.97 Å². The molecule has 1 aromatic rings. The molecule has 0 aromatic heterocycles. The quantitative estimate of drug-likeness (QED) is 0.367. The second-order valence-corrected chi connectivity index (χ2v) is 16.6. The van der Waals surface area contributed by atoms with Gasteiger partial charge >= 0.3 is 5.97 Å². The third-order valence-corrected chi connectivity index (χ3v) is 15.3. The first-order valence-electron chi connectivity index (χ1n) is 15.8. The van der Waals surface area contributed by atoms with E-state index in [9.17, 15) is 15.0 Å². The van der Waals surface area contributed by atoms with Crippen LogP contribution in [0, 0.1) is 45.3 Å². The third kappa shape index (κ3) is 3.95. The highest BCUT2D eigenvalue weighted by molar-refractivity contribution is 7.97. The summed E-state index contributed by atoms with van der Waals surface area (Å²) in [5, 5.41) is 20.1. The van der Waals surface area contributed by atoms with Crippen molar-refractivity contribution in [3.05, 3.63) is 29.8 Å². The summed E-state index contributed by atoms with van der Waals surface area (Å²) in [6, 6.07) is 7.48. The molecule has 1 aliphatic heterocycles. The van der Waals surface area contributed by atoms with Crippen molar-refractivity contribution in [3.63, 3.8) is 0 Å². The molecule has 1 saturated heterocycles. The lowest BCUT2D eigenvalue weighted by Gasteiger charge is -2.71. The van der Waals surface area contributed by atoms with Gasteiger partial charge in [0.15, 0.2) is 0 Å². The van der Waals surface area contributed by atoms with Crippen LogP contribution in [0.3, 0.4) is 0 Å². The fraction of sp³-hybridized carbons (Fsp3) is 0.794. The van der Waals surface area contributed by atoms with Crippen LogP contribution >= 0.6 is 11.9 Å². The van der Waals surface area contributed by atoms with Gasteiger partial charge in [0, 0.05) is 23.6 Å². The maximum absolute atomic E-state index is 11.6. The van der Waals surface area contributed by atoms with Crippen LogP contribution in [0.4, 0.5) is 0 Å². The molecular formula is C34H51NO3S. The summed E-state index contributed by atoms with van der Waals surface area (Å²) in [6.07, 6.45) is 14.2. The molecule has 0 amide bonds.